The summed E-state index contributed by atoms with van der Waals surface area (Å²) in [6.07, 6.45) is 7.23. The number of carbonyl (C=O) groups is 1. The molecule has 1 atom stereocenters. The normalized spacial score (nSPS) is 17.8. The van der Waals surface area contributed by atoms with Crippen molar-refractivity contribution in [2.45, 2.75) is 25.4 Å². The summed E-state index contributed by atoms with van der Waals surface area (Å²) in [6.45, 7) is 0. The molecule has 3 heteroatoms. The van der Waals surface area contributed by atoms with Crippen LogP contribution in [0.15, 0.2) is 23.8 Å². The Kier molecular flexibility index (Phi) is 3.71. The smallest absolute Gasteiger partial charge is 0.335 e. The van der Waals surface area contributed by atoms with Crippen LogP contribution in [0.1, 0.15) is 19.3 Å². The van der Waals surface area contributed by atoms with Gasteiger partial charge in [-0.2, -0.15) is 0 Å². The summed E-state index contributed by atoms with van der Waals surface area (Å²) >= 11 is 0. The maximum absolute atomic E-state index is 10.9. The van der Waals surface area contributed by atoms with Crippen LogP contribution in [0, 0.1) is 0 Å². The molecule has 0 fully saturated rings. The first-order valence-corrected chi connectivity index (χ1v) is 4.34. The summed E-state index contributed by atoms with van der Waals surface area (Å²) in [5.41, 5.74) is 1.10. The summed E-state index contributed by atoms with van der Waals surface area (Å²) in [5, 5.41) is 9.33. The minimum Gasteiger partial charge on any atom is -0.467 e. The van der Waals surface area contributed by atoms with E-state index < -0.39 is 12.1 Å². The number of methoxy groups -OCH3 is 1. The molecule has 0 heterocycles. The largest absolute Gasteiger partial charge is 0.467 e. The van der Waals surface area contributed by atoms with Gasteiger partial charge in [-0.1, -0.05) is 23.8 Å². The molecule has 0 saturated carbocycles. The number of hydrogen-bond donors (Lipinski definition) is 1. The average molecular weight is 182 g/mol. The van der Waals surface area contributed by atoms with Gasteiger partial charge in [-0.3, -0.25) is 0 Å². The van der Waals surface area contributed by atoms with Crippen molar-refractivity contribution >= 4 is 5.97 Å². The minimum atomic E-state index is -1.01. The molecular weight excluding hydrogens is 168 g/mol. The van der Waals surface area contributed by atoms with Gasteiger partial charge in [-0.25, -0.2) is 4.79 Å². The van der Waals surface area contributed by atoms with E-state index >= 15 is 0 Å². The van der Waals surface area contributed by atoms with Crippen molar-refractivity contribution in [2.24, 2.45) is 0 Å². The van der Waals surface area contributed by atoms with Crippen LogP contribution in [-0.4, -0.2) is 24.3 Å². The lowest BCUT2D eigenvalue weighted by Gasteiger charge is -2.12. The van der Waals surface area contributed by atoms with E-state index in [0.29, 0.717) is 6.42 Å². The van der Waals surface area contributed by atoms with Crippen LogP contribution in [0.25, 0.3) is 0 Å². The molecule has 0 amide bonds. The second-order valence-electron chi connectivity index (χ2n) is 3.03. The van der Waals surface area contributed by atoms with Gasteiger partial charge in [0.15, 0.2) is 6.10 Å². The first-order valence-electron chi connectivity index (χ1n) is 4.34. The number of esters is 1. The van der Waals surface area contributed by atoms with Gasteiger partial charge < -0.3 is 9.84 Å². The Balaban J connectivity index is 2.43. The Labute approximate surface area is 77.7 Å². The highest BCUT2D eigenvalue weighted by atomic mass is 16.5. The number of hydrogen-bond acceptors (Lipinski definition) is 3. The van der Waals surface area contributed by atoms with Crippen LogP contribution in [-0.2, 0) is 9.53 Å². The van der Waals surface area contributed by atoms with Gasteiger partial charge in [0.2, 0.25) is 0 Å². The second-order valence-corrected chi connectivity index (χ2v) is 3.03. The first kappa shape index (κ1) is 9.99. The molecule has 0 aromatic rings. The maximum Gasteiger partial charge on any atom is 0.335 e. The molecule has 0 aliphatic heterocycles. The molecule has 1 aliphatic rings. The summed E-state index contributed by atoms with van der Waals surface area (Å²) in [7, 11) is 1.28. The van der Waals surface area contributed by atoms with E-state index in [1.165, 1.54) is 7.11 Å². The number of aliphatic hydroxyl groups excluding tert-OH is 1. The van der Waals surface area contributed by atoms with Crippen LogP contribution in [0.3, 0.4) is 0 Å². The van der Waals surface area contributed by atoms with E-state index in [9.17, 15) is 9.90 Å². The van der Waals surface area contributed by atoms with Crippen LogP contribution in [0.5, 0.6) is 0 Å². The maximum atomic E-state index is 10.9. The summed E-state index contributed by atoms with van der Waals surface area (Å²) in [6, 6.07) is 0. The third-order valence-corrected chi connectivity index (χ3v) is 2.03. The number of allylic oxidation sites excluding steroid dienone is 3. The molecule has 0 bridgehead atoms. The van der Waals surface area contributed by atoms with Crippen molar-refractivity contribution in [2.75, 3.05) is 7.11 Å². The van der Waals surface area contributed by atoms with Gasteiger partial charge in [0.1, 0.15) is 0 Å². The van der Waals surface area contributed by atoms with Crippen LogP contribution in [0.2, 0.25) is 0 Å². The lowest BCUT2D eigenvalue weighted by atomic mass is 9.99. The Morgan fingerprint density at radius 1 is 1.77 bits per heavy atom. The van der Waals surface area contributed by atoms with Gasteiger partial charge in [-0.05, 0) is 12.8 Å². The highest BCUT2D eigenvalue weighted by Crippen LogP contribution is 2.17. The molecule has 0 saturated heterocycles. The Hall–Kier alpha value is -1.09. The third-order valence-electron chi connectivity index (χ3n) is 2.03. The topological polar surface area (TPSA) is 46.5 Å². The molecule has 0 radical (unpaired) electrons. The molecule has 0 aromatic heterocycles. The van der Waals surface area contributed by atoms with Gasteiger partial charge in [0, 0.05) is 6.42 Å². The van der Waals surface area contributed by atoms with Crippen LogP contribution < -0.4 is 0 Å². The van der Waals surface area contributed by atoms with Gasteiger partial charge in [0.05, 0.1) is 7.11 Å². The lowest BCUT2D eigenvalue weighted by molar-refractivity contribution is -0.150. The molecule has 3 nitrogen and oxygen atoms in total. The predicted molar refractivity (Wildman–Crippen MR) is 49.1 cm³/mol. The molecule has 0 spiro atoms. The quantitative estimate of drug-likeness (QED) is 0.667. The van der Waals surface area contributed by atoms with E-state index in [0.717, 1.165) is 18.4 Å². The molecule has 1 N–H and O–H groups in total. The monoisotopic (exact) mass is 182 g/mol. The SMILES string of the molecule is COC(=O)[C@H](O)CC1=CC=CCC1. The zero-order valence-electron chi connectivity index (χ0n) is 7.69. The summed E-state index contributed by atoms with van der Waals surface area (Å²) in [4.78, 5) is 10.9. The third kappa shape index (κ3) is 3.03. The first-order chi connectivity index (χ1) is 6.24. The fourth-order valence-electron chi connectivity index (χ4n) is 1.29. The Morgan fingerprint density at radius 2 is 2.54 bits per heavy atom. The van der Waals surface area contributed by atoms with Crippen molar-refractivity contribution in [1.82, 2.24) is 0 Å². The molecule has 13 heavy (non-hydrogen) atoms. The average Bonchev–Trinajstić information content (AvgIpc) is 2.18. The zero-order valence-corrected chi connectivity index (χ0v) is 7.69. The van der Waals surface area contributed by atoms with Crippen LogP contribution >= 0.6 is 0 Å². The van der Waals surface area contributed by atoms with Crippen molar-refractivity contribution < 1.29 is 14.6 Å². The fourth-order valence-corrected chi connectivity index (χ4v) is 1.29. The van der Waals surface area contributed by atoms with E-state index in [2.05, 4.69) is 10.8 Å². The predicted octanol–water partition coefficient (Wildman–Crippen LogP) is 1.19. The standard InChI is InChI=1S/C10H14O3/c1-13-10(12)9(11)7-8-5-3-2-4-6-8/h2-3,5,9,11H,4,6-7H2,1H3/t9-/m1/s1. The van der Waals surface area contributed by atoms with E-state index in [4.69, 9.17) is 0 Å². The summed E-state index contributed by atoms with van der Waals surface area (Å²) in [5.74, 6) is -0.560. The van der Waals surface area contributed by atoms with Gasteiger partial charge in [0.25, 0.3) is 0 Å². The number of rotatable bonds is 3. The van der Waals surface area contributed by atoms with Crippen molar-refractivity contribution in [3.63, 3.8) is 0 Å². The lowest BCUT2D eigenvalue weighted by Crippen LogP contribution is -2.22. The van der Waals surface area contributed by atoms with E-state index in [-0.39, 0.29) is 0 Å². The second kappa shape index (κ2) is 4.82. The Bertz CT molecular complexity index is 241. The van der Waals surface area contributed by atoms with E-state index in [1.54, 1.807) is 0 Å². The molecule has 1 aliphatic carbocycles. The number of ether oxygens (including phenoxy) is 1. The molecule has 0 aromatic carbocycles. The van der Waals surface area contributed by atoms with Crippen LogP contribution in [0.4, 0.5) is 0 Å². The highest BCUT2D eigenvalue weighted by Gasteiger charge is 2.16. The summed E-state index contributed by atoms with van der Waals surface area (Å²) < 4.78 is 4.42. The molecule has 1 rings (SSSR count). The zero-order chi connectivity index (χ0) is 9.68. The van der Waals surface area contributed by atoms with Crippen molar-refractivity contribution in [3.05, 3.63) is 23.8 Å². The molecule has 0 unspecified atom stereocenters. The minimum absolute atomic E-state index is 0.386. The van der Waals surface area contributed by atoms with Crippen molar-refractivity contribution in [3.8, 4) is 0 Å². The fraction of sp³-hybridized carbons (Fsp3) is 0.500. The van der Waals surface area contributed by atoms with Gasteiger partial charge in [-0.15, -0.1) is 0 Å². The van der Waals surface area contributed by atoms with Crippen molar-refractivity contribution in [1.29, 1.82) is 0 Å². The molecule has 72 valence electrons. The molecular formula is C10H14O3. The number of aliphatic hydroxyl groups is 1. The van der Waals surface area contributed by atoms with E-state index in [1.807, 2.05) is 12.2 Å². The Morgan fingerprint density at radius 3 is 3.08 bits per heavy atom. The highest BCUT2D eigenvalue weighted by molar-refractivity contribution is 5.74. The van der Waals surface area contributed by atoms with Gasteiger partial charge >= 0.3 is 5.97 Å². The number of carbonyl (C=O) groups excluding carboxylic acids is 1.